The summed E-state index contributed by atoms with van der Waals surface area (Å²) in [5.41, 5.74) is 1.13. The van der Waals surface area contributed by atoms with Crippen molar-refractivity contribution < 1.29 is 9.90 Å². The molecular formula is C15H22N2O2. The molecule has 0 aromatic heterocycles. The lowest BCUT2D eigenvalue weighted by Crippen LogP contribution is -2.46. The van der Waals surface area contributed by atoms with Crippen LogP contribution in [-0.2, 0) is 11.2 Å². The average Bonchev–Trinajstić information content (AvgIpc) is 2.48. The highest BCUT2D eigenvalue weighted by Gasteiger charge is 2.22. The van der Waals surface area contributed by atoms with E-state index in [0.717, 1.165) is 31.5 Å². The molecule has 2 atom stereocenters. The largest absolute Gasteiger partial charge is 0.394 e. The molecule has 1 aliphatic heterocycles. The van der Waals surface area contributed by atoms with Gasteiger partial charge in [0, 0.05) is 6.54 Å². The van der Waals surface area contributed by atoms with Crippen LogP contribution in [0.3, 0.4) is 0 Å². The molecule has 1 aliphatic rings. The molecule has 104 valence electrons. The first-order valence-corrected chi connectivity index (χ1v) is 6.95. The van der Waals surface area contributed by atoms with Crippen LogP contribution in [0.4, 0.5) is 0 Å². The maximum absolute atomic E-state index is 12.1. The van der Waals surface area contributed by atoms with Crippen molar-refractivity contribution in [2.24, 2.45) is 5.92 Å². The van der Waals surface area contributed by atoms with Gasteiger partial charge < -0.3 is 15.7 Å². The highest BCUT2D eigenvalue weighted by molar-refractivity contribution is 5.79. The average molecular weight is 262 g/mol. The third kappa shape index (κ3) is 4.33. The summed E-state index contributed by atoms with van der Waals surface area (Å²) >= 11 is 0. The van der Waals surface area contributed by atoms with Gasteiger partial charge in [-0.1, -0.05) is 30.3 Å². The Morgan fingerprint density at radius 1 is 1.42 bits per heavy atom. The van der Waals surface area contributed by atoms with Crippen molar-refractivity contribution in [1.82, 2.24) is 10.6 Å². The molecule has 1 aromatic rings. The third-order valence-electron chi connectivity index (χ3n) is 3.56. The number of aliphatic hydroxyl groups excluding tert-OH is 1. The number of piperidine rings is 1. The Balaban J connectivity index is 1.86. The molecule has 0 radical (unpaired) electrons. The second-order valence-corrected chi connectivity index (χ2v) is 5.12. The van der Waals surface area contributed by atoms with Gasteiger partial charge in [0.2, 0.25) is 5.91 Å². The van der Waals surface area contributed by atoms with E-state index in [2.05, 4.69) is 10.6 Å². The molecular weight excluding hydrogens is 240 g/mol. The summed E-state index contributed by atoms with van der Waals surface area (Å²) < 4.78 is 0. The van der Waals surface area contributed by atoms with Crippen LogP contribution in [0.5, 0.6) is 0 Å². The number of hydrogen-bond donors (Lipinski definition) is 3. The Bertz CT molecular complexity index is 388. The van der Waals surface area contributed by atoms with Crippen LogP contribution < -0.4 is 10.6 Å². The van der Waals surface area contributed by atoms with Gasteiger partial charge in [-0.2, -0.15) is 0 Å². The lowest BCUT2D eigenvalue weighted by atomic mass is 9.98. The van der Waals surface area contributed by atoms with Crippen LogP contribution in [0.2, 0.25) is 0 Å². The maximum Gasteiger partial charge on any atom is 0.224 e. The van der Waals surface area contributed by atoms with E-state index in [1.54, 1.807) is 0 Å². The lowest BCUT2D eigenvalue weighted by molar-refractivity contribution is -0.126. The minimum Gasteiger partial charge on any atom is -0.394 e. The normalized spacial score (nSPS) is 20.8. The number of carbonyl (C=O) groups is 1. The molecule has 0 saturated carbocycles. The van der Waals surface area contributed by atoms with E-state index in [0.29, 0.717) is 6.42 Å². The summed E-state index contributed by atoms with van der Waals surface area (Å²) in [6.07, 6.45) is 2.64. The van der Waals surface area contributed by atoms with E-state index in [-0.39, 0.29) is 24.5 Å². The van der Waals surface area contributed by atoms with Crippen molar-refractivity contribution in [2.75, 3.05) is 19.7 Å². The Hall–Kier alpha value is -1.39. The fraction of sp³-hybridized carbons (Fsp3) is 0.533. The quantitative estimate of drug-likeness (QED) is 0.732. The fourth-order valence-electron chi connectivity index (χ4n) is 2.45. The number of aliphatic hydroxyl groups is 1. The monoisotopic (exact) mass is 262 g/mol. The van der Waals surface area contributed by atoms with Crippen LogP contribution in [0.25, 0.3) is 0 Å². The Morgan fingerprint density at radius 3 is 2.84 bits per heavy atom. The van der Waals surface area contributed by atoms with Crippen molar-refractivity contribution in [2.45, 2.75) is 25.3 Å². The Morgan fingerprint density at radius 2 is 2.21 bits per heavy atom. The Kier molecular flexibility index (Phi) is 5.36. The summed E-state index contributed by atoms with van der Waals surface area (Å²) in [4.78, 5) is 12.1. The van der Waals surface area contributed by atoms with Crippen LogP contribution >= 0.6 is 0 Å². The second kappa shape index (κ2) is 7.26. The van der Waals surface area contributed by atoms with Gasteiger partial charge in [0.05, 0.1) is 18.6 Å². The van der Waals surface area contributed by atoms with Crippen LogP contribution in [-0.4, -0.2) is 36.8 Å². The van der Waals surface area contributed by atoms with Gasteiger partial charge in [-0.15, -0.1) is 0 Å². The van der Waals surface area contributed by atoms with Crippen molar-refractivity contribution in [1.29, 1.82) is 0 Å². The molecule has 4 nitrogen and oxygen atoms in total. The molecule has 3 N–H and O–H groups in total. The number of carbonyl (C=O) groups excluding carboxylic acids is 1. The molecule has 0 spiro atoms. The first-order valence-electron chi connectivity index (χ1n) is 6.95. The highest BCUT2D eigenvalue weighted by atomic mass is 16.3. The van der Waals surface area contributed by atoms with E-state index < -0.39 is 0 Å². The summed E-state index contributed by atoms with van der Waals surface area (Å²) in [5, 5.41) is 15.6. The van der Waals surface area contributed by atoms with Crippen molar-refractivity contribution >= 4 is 5.91 Å². The van der Waals surface area contributed by atoms with Crippen LogP contribution in [0.1, 0.15) is 18.4 Å². The predicted octanol–water partition coefficient (Wildman–Crippen LogP) is 0.706. The molecule has 1 unspecified atom stereocenters. The van der Waals surface area contributed by atoms with Crippen molar-refractivity contribution in [3.05, 3.63) is 35.9 Å². The van der Waals surface area contributed by atoms with Gasteiger partial charge >= 0.3 is 0 Å². The zero-order valence-electron chi connectivity index (χ0n) is 11.1. The molecule has 4 heteroatoms. The molecule has 1 heterocycles. The smallest absolute Gasteiger partial charge is 0.224 e. The molecule has 2 rings (SSSR count). The van der Waals surface area contributed by atoms with Gasteiger partial charge in [-0.05, 0) is 31.4 Å². The summed E-state index contributed by atoms with van der Waals surface area (Å²) in [6, 6.07) is 9.72. The SMILES string of the molecule is O=C(N[C@H](CO)Cc1ccccc1)C1CCCNC1. The van der Waals surface area contributed by atoms with Crippen molar-refractivity contribution in [3.63, 3.8) is 0 Å². The van der Waals surface area contributed by atoms with E-state index in [1.807, 2.05) is 30.3 Å². The molecule has 1 aromatic carbocycles. The number of rotatable bonds is 5. The summed E-state index contributed by atoms with van der Waals surface area (Å²) in [6.45, 7) is 1.72. The first kappa shape index (κ1) is 14.0. The predicted molar refractivity (Wildman–Crippen MR) is 74.8 cm³/mol. The molecule has 0 bridgehead atoms. The lowest BCUT2D eigenvalue weighted by Gasteiger charge is -2.24. The Labute approximate surface area is 114 Å². The van der Waals surface area contributed by atoms with Gasteiger partial charge in [-0.25, -0.2) is 0 Å². The standard InChI is InChI=1S/C15H22N2O2/c18-11-14(9-12-5-2-1-3-6-12)17-15(19)13-7-4-8-16-10-13/h1-3,5-6,13-14,16,18H,4,7-11H2,(H,17,19)/t13?,14-/m0/s1. The number of nitrogens with one attached hydrogen (secondary N) is 2. The fourth-order valence-corrected chi connectivity index (χ4v) is 2.45. The van der Waals surface area contributed by atoms with Gasteiger partial charge in [0.15, 0.2) is 0 Å². The zero-order chi connectivity index (χ0) is 13.5. The van der Waals surface area contributed by atoms with Crippen LogP contribution in [0.15, 0.2) is 30.3 Å². The summed E-state index contributed by atoms with van der Waals surface area (Å²) in [7, 11) is 0. The first-order chi connectivity index (χ1) is 9.29. The van der Waals surface area contributed by atoms with Gasteiger partial charge in [-0.3, -0.25) is 4.79 Å². The van der Waals surface area contributed by atoms with E-state index >= 15 is 0 Å². The highest BCUT2D eigenvalue weighted by Crippen LogP contribution is 2.11. The minimum absolute atomic E-state index is 0.0270. The third-order valence-corrected chi connectivity index (χ3v) is 3.56. The van der Waals surface area contributed by atoms with E-state index in [1.165, 1.54) is 0 Å². The topological polar surface area (TPSA) is 61.4 Å². The second-order valence-electron chi connectivity index (χ2n) is 5.12. The molecule has 0 aliphatic carbocycles. The summed E-state index contributed by atoms with van der Waals surface area (Å²) in [5.74, 6) is 0.0979. The minimum atomic E-state index is -0.197. The van der Waals surface area contributed by atoms with Gasteiger partial charge in [0.1, 0.15) is 0 Å². The van der Waals surface area contributed by atoms with Crippen molar-refractivity contribution in [3.8, 4) is 0 Å². The number of amides is 1. The zero-order valence-corrected chi connectivity index (χ0v) is 11.1. The molecule has 1 saturated heterocycles. The number of benzene rings is 1. The molecule has 1 amide bonds. The van der Waals surface area contributed by atoms with E-state index in [4.69, 9.17) is 0 Å². The van der Waals surface area contributed by atoms with Gasteiger partial charge in [0.25, 0.3) is 0 Å². The molecule has 19 heavy (non-hydrogen) atoms. The van der Waals surface area contributed by atoms with Crippen LogP contribution in [0, 0.1) is 5.92 Å². The maximum atomic E-state index is 12.1. The molecule has 1 fully saturated rings. The number of hydrogen-bond acceptors (Lipinski definition) is 3. The van der Waals surface area contributed by atoms with E-state index in [9.17, 15) is 9.90 Å².